The van der Waals surface area contributed by atoms with E-state index in [4.69, 9.17) is 0 Å². The molecule has 13 aromatic rings. The molecule has 20 heteroatoms. The minimum atomic E-state index is -5.25. The van der Waals surface area contributed by atoms with Gasteiger partial charge in [0.15, 0.2) is 0 Å². The molecule has 13 rings (SSSR count). The van der Waals surface area contributed by atoms with Gasteiger partial charge in [0.05, 0.1) is 184 Å². The van der Waals surface area contributed by atoms with Crippen molar-refractivity contribution in [3.8, 4) is 151 Å². The molecule has 2 heterocycles. The lowest BCUT2D eigenvalue weighted by atomic mass is 9.91. The first-order valence-corrected chi connectivity index (χ1v) is 29.5. The minimum absolute atomic E-state index is 0.00839. The SMILES string of the molecule is N#Cc1cc(C#N)c(-c2ccc3c(c2)c2cc(-c4c(C#N)cc(C#N)cc4C#N)ccc2n3-c2ccccc2-c2ccc(-c3cc(C(F)(F)F)cc(C(F)(F)F)c3)cc2-n2c3ccc(-c4c(C#N)cc(C#N)cc4C#N)cc3c3cc(-c4c(C#N)cc(C#N)cc4C#N)ccc32)c(C#N)c1. The van der Waals surface area contributed by atoms with Crippen LogP contribution in [0.5, 0.6) is 0 Å². The fourth-order valence-electron chi connectivity index (χ4n) is 13.1. The van der Waals surface area contributed by atoms with E-state index in [1.807, 2.05) is 28.8 Å². The predicted molar refractivity (Wildman–Crippen MR) is 354 cm³/mol. The Bertz CT molecular complexity index is 5960. The Morgan fingerprint density at radius 3 is 0.790 bits per heavy atom. The summed E-state index contributed by atoms with van der Waals surface area (Å²) >= 11 is 0. The molecule has 100 heavy (non-hydrogen) atoms. The van der Waals surface area contributed by atoms with Gasteiger partial charge in [0.1, 0.15) is 0 Å². The van der Waals surface area contributed by atoms with Crippen molar-refractivity contribution in [2.45, 2.75) is 12.4 Å². The summed E-state index contributed by atoms with van der Waals surface area (Å²) < 4.78 is 92.6. The molecule has 0 aliphatic rings. The van der Waals surface area contributed by atoms with E-state index in [1.54, 1.807) is 108 Å². The molecular formula is C80H30F6N14. The van der Waals surface area contributed by atoms with E-state index in [1.165, 1.54) is 60.7 Å². The summed E-state index contributed by atoms with van der Waals surface area (Å²) in [5.74, 6) is 0. The zero-order valence-electron chi connectivity index (χ0n) is 50.8. The monoisotopic (exact) mass is 1300 g/mol. The smallest absolute Gasteiger partial charge is 0.309 e. The van der Waals surface area contributed by atoms with Crippen molar-refractivity contribution >= 4 is 43.6 Å². The van der Waals surface area contributed by atoms with Crippen LogP contribution in [0.3, 0.4) is 0 Å². The Morgan fingerprint density at radius 1 is 0.240 bits per heavy atom. The maximum absolute atomic E-state index is 14.8. The molecule has 0 bridgehead atoms. The molecule has 0 amide bonds. The number of hydrogen-bond donors (Lipinski definition) is 0. The fraction of sp³-hybridized carbons (Fsp3) is 0.0250. The van der Waals surface area contributed by atoms with E-state index in [0.29, 0.717) is 94.8 Å². The molecule has 11 aromatic carbocycles. The van der Waals surface area contributed by atoms with Crippen LogP contribution < -0.4 is 0 Å². The van der Waals surface area contributed by atoms with Crippen LogP contribution in [-0.4, -0.2) is 9.13 Å². The summed E-state index contributed by atoms with van der Waals surface area (Å²) in [6.07, 6.45) is -10.5. The number of halogens is 6. The van der Waals surface area contributed by atoms with Crippen molar-refractivity contribution in [1.82, 2.24) is 9.13 Å². The lowest BCUT2D eigenvalue weighted by molar-refractivity contribution is -0.143. The van der Waals surface area contributed by atoms with Crippen LogP contribution in [0.15, 0.2) is 182 Å². The van der Waals surface area contributed by atoms with Crippen LogP contribution >= 0.6 is 0 Å². The summed E-state index contributed by atoms with van der Waals surface area (Å²) in [7, 11) is 0. The van der Waals surface area contributed by atoms with Gasteiger partial charge in [-0.15, -0.1) is 0 Å². The molecule has 0 fully saturated rings. The van der Waals surface area contributed by atoms with Gasteiger partial charge in [-0.2, -0.15) is 89.5 Å². The van der Waals surface area contributed by atoms with Crippen LogP contribution in [0.2, 0.25) is 0 Å². The van der Waals surface area contributed by atoms with Gasteiger partial charge in [-0.05, 0) is 161 Å². The van der Waals surface area contributed by atoms with Crippen molar-refractivity contribution in [1.29, 1.82) is 63.1 Å². The molecular weight excluding hydrogens is 1270 g/mol. The van der Waals surface area contributed by atoms with Crippen LogP contribution in [0.1, 0.15) is 77.9 Å². The molecule has 0 atom stereocenters. The Hall–Kier alpha value is -15.5. The van der Waals surface area contributed by atoms with Crippen molar-refractivity contribution in [3.05, 3.63) is 260 Å². The average molecular weight is 1300 g/mol. The number of alkyl halides is 6. The molecule has 0 saturated carbocycles. The van der Waals surface area contributed by atoms with Gasteiger partial charge >= 0.3 is 12.4 Å². The number of rotatable bonds is 8. The summed E-state index contributed by atoms with van der Waals surface area (Å²) in [5.41, 5.74) is 1.09. The molecule has 0 saturated heterocycles. The van der Waals surface area contributed by atoms with Crippen LogP contribution in [0.25, 0.3) is 122 Å². The third-order valence-electron chi connectivity index (χ3n) is 17.3. The van der Waals surface area contributed by atoms with Gasteiger partial charge in [-0.3, -0.25) is 0 Å². The van der Waals surface area contributed by atoms with E-state index >= 15 is 0 Å². The zero-order chi connectivity index (χ0) is 70.6. The number of fused-ring (bicyclic) bond motifs is 6. The highest BCUT2D eigenvalue weighted by Gasteiger charge is 2.37. The third kappa shape index (κ3) is 10.5. The first-order chi connectivity index (χ1) is 48.3. The molecule has 0 aliphatic carbocycles. The number of para-hydroxylation sites is 1. The first kappa shape index (κ1) is 63.2. The van der Waals surface area contributed by atoms with E-state index < -0.39 is 29.0 Å². The van der Waals surface area contributed by atoms with Gasteiger partial charge in [0.25, 0.3) is 0 Å². The number of nitrogens with zero attached hydrogens (tertiary/aromatic N) is 14. The normalized spacial score (nSPS) is 11.0. The van der Waals surface area contributed by atoms with Gasteiger partial charge in [0.2, 0.25) is 0 Å². The molecule has 0 radical (unpaired) electrons. The van der Waals surface area contributed by atoms with Crippen molar-refractivity contribution in [2.24, 2.45) is 0 Å². The summed E-state index contributed by atoms with van der Waals surface area (Å²) in [4.78, 5) is 0. The minimum Gasteiger partial charge on any atom is -0.309 e. The highest BCUT2D eigenvalue weighted by Crippen LogP contribution is 2.48. The highest BCUT2D eigenvalue weighted by atomic mass is 19.4. The van der Waals surface area contributed by atoms with Crippen molar-refractivity contribution in [3.63, 3.8) is 0 Å². The number of benzene rings is 11. The van der Waals surface area contributed by atoms with E-state index in [2.05, 4.69) is 48.6 Å². The Kier molecular flexibility index (Phi) is 15.4. The largest absolute Gasteiger partial charge is 0.416 e. The maximum Gasteiger partial charge on any atom is 0.416 e. The molecule has 0 unspecified atom stereocenters. The Labute approximate surface area is 562 Å². The molecule has 2 aromatic heterocycles. The predicted octanol–water partition coefficient (Wildman–Crippen LogP) is 18.4. The van der Waals surface area contributed by atoms with E-state index in [9.17, 15) is 89.5 Å². The topological polar surface area (TPSA) is 295 Å². The second kappa shape index (κ2) is 24.4. The molecule has 462 valence electrons. The Morgan fingerprint density at radius 2 is 0.510 bits per heavy atom. The van der Waals surface area contributed by atoms with Gasteiger partial charge in [0, 0.05) is 54.9 Å². The first-order valence-electron chi connectivity index (χ1n) is 29.5. The summed E-state index contributed by atoms with van der Waals surface area (Å²) in [6, 6.07) is 67.9. The third-order valence-corrected chi connectivity index (χ3v) is 17.3. The highest BCUT2D eigenvalue weighted by molar-refractivity contribution is 6.15. The number of hydrogen-bond acceptors (Lipinski definition) is 12. The standard InChI is InChI=1S/C80H30F6N14/c81-79(82,83)61-23-52(24-62(30-61)80(84,85)86)47-5-10-64(74(29-47)100-72-13-8-50(77-57(39-95)19-45(33-89)20-58(77)40-96)27-67(72)68-28-51(9-14-73(68)100)78-59(41-97)21-46(34-90)22-60(78)42-98)63-3-1-2-4-69(63)99-70-11-6-48(75-53(35-91)15-43(31-87)16-54(75)36-92)25-65(70)66-26-49(7-12-71(66)99)76-55(37-93)17-44(32-88)18-56(76)38-94/h1-30H. The average Bonchev–Trinajstić information content (AvgIpc) is 1.56. The quantitative estimate of drug-likeness (QED) is 0.128. The second-order valence-corrected chi connectivity index (χ2v) is 22.8. The zero-order valence-corrected chi connectivity index (χ0v) is 50.8. The molecule has 0 aliphatic heterocycles. The lowest BCUT2D eigenvalue weighted by Gasteiger charge is -2.20. The van der Waals surface area contributed by atoms with Crippen molar-refractivity contribution in [2.75, 3.05) is 0 Å². The molecule has 14 nitrogen and oxygen atoms in total. The number of nitriles is 12. The van der Waals surface area contributed by atoms with Gasteiger partial charge in [-0.1, -0.05) is 54.6 Å². The number of aromatic nitrogens is 2. The lowest BCUT2D eigenvalue weighted by Crippen LogP contribution is -2.11. The summed E-state index contributed by atoms with van der Waals surface area (Å²) in [5, 5.41) is 125. The fourth-order valence-corrected chi connectivity index (χ4v) is 13.1. The molecule has 0 N–H and O–H groups in total. The van der Waals surface area contributed by atoms with Crippen LogP contribution in [-0.2, 0) is 12.4 Å². The van der Waals surface area contributed by atoms with Gasteiger partial charge in [-0.25, -0.2) is 0 Å². The Balaban J connectivity index is 1.16. The van der Waals surface area contributed by atoms with Crippen LogP contribution in [0.4, 0.5) is 26.3 Å². The molecule has 0 spiro atoms. The maximum atomic E-state index is 14.8. The summed E-state index contributed by atoms with van der Waals surface area (Å²) in [6.45, 7) is 0. The van der Waals surface area contributed by atoms with E-state index in [0.717, 1.165) is 0 Å². The second-order valence-electron chi connectivity index (χ2n) is 22.8. The van der Waals surface area contributed by atoms with Gasteiger partial charge < -0.3 is 9.13 Å². The van der Waals surface area contributed by atoms with Crippen molar-refractivity contribution < 1.29 is 26.3 Å². The van der Waals surface area contributed by atoms with E-state index in [-0.39, 0.29) is 106 Å². The van der Waals surface area contributed by atoms with Crippen LogP contribution in [0, 0.1) is 136 Å².